The smallest absolute Gasteiger partial charge is 0.142 e. The Bertz CT molecular complexity index is 458. The van der Waals surface area contributed by atoms with E-state index in [0.29, 0.717) is 11.8 Å². The lowest BCUT2D eigenvalue weighted by Gasteiger charge is -2.44. The molecule has 21 heavy (non-hydrogen) atoms. The van der Waals surface area contributed by atoms with Gasteiger partial charge in [-0.2, -0.15) is 0 Å². The van der Waals surface area contributed by atoms with E-state index in [2.05, 4.69) is 19.2 Å². The van der Waals surface area contributed by atoms with Crippen LogP contribution >= 0.6 is 11.6 Å². The van der Waals surface area contributed by atoms with Gasteiger partial charge in [0.25, 0.3) is 0 Å². The quantitative estimate of drug-likeness (QED) is 0.791. The van der Waals surface area contributed by atoms with Crippen LogP contribution in [-0.4, -0.2) is 31.4 Å². The summed E-state index contributed by atoms with van der Waals surface area (Å²) < 4.78 is 24.9. The summed E-state index contributed by atoms with van der Waals surface area (Å²) in [4.78, 5) is 0. The summed E-state index contributed by atoms with van der Waals surface area (Å²) in [7, 11) is 0. The molecule has 5 heteroatoms. The van der Waals surface area contributed by atoms with Gasteiger partial charge in [-0.1, -0.05) is 25.4 Å². The predicted octanol–water partition coefficient (Wildman–Crippen LogP) is 3.79. The molecule has 1 aromatic rings. The SMILES string of the molecule is CCCNC1CC(Oc2ccc(F)c(Cl)c2)C1OCCC. The third-order valence-corrected chi connectivity index (χ3v) is 3.89. The van der Waals surface area contributed by atoms with Crippen LogP contribution in [0, 0.1) is 5.82 Å². The van der Waals surface area contributed by atoms with Gasteiger partial charge in [0.15, 0.2) is 0 Å². The van der Waals surface area contributed by atoms with E-state index in [1.807, 2.05) is 0 Å². The van der Waals surface area contributed by atoms with Crippen LogP contribution in [0.25, 0.3) is 0 Å². The van der Waals surface area contributed by atoms with Crippen LogP contribution in [0.4, 0.5) is 4.39 Å². The van der Waals surface area contributed by atoms with Crippen molar-refractivity contribution in [2.24, 2.45) is 0 Å². The fraction of sp³-hybridized carbons (Fsp3) is 0.625. The number of nitrogens with one attached hydrogen (secondary N) is 1. The van der Waals surface area contributed by atoms with E-state index in [-0.39, 0.29) is 17.2 Å². The Morgan fingerprint density at radius 2 is 2.14 bits per heavy atom. The molecule has 1 fully saturated rings. The molecule has 1 N–H and O–H groups in total. The Morgan fingerprint density at radius 3 is 2.81 bits per heavy atom. The summed E-state index contributed by atoms with van der Waals surface area (Å²) in [5, 5.41) is 3.55. The highest BCUT2D eigenvalue weighted by molar-refractivity contribution is 6.30. The van der Waals surface area contributed by atoms with Crippen molar-refractivity contribution >= 4 is 11.6 Å². The zero-order chi connectivity index (χ0) is 15.2. The first-order valence-electron chi connectivity index (χ1n) is 7.62. The Hall–Kier alpha value is -0.840. The molecule has 0 spiro atoms. The van der Waals surface area contributed by atoms with Crippen molar-refractivity contribution in [2.75, 3.05) is 13.2 Å². The van der Waals surface area contributed by atoms with Crippen LogP contribution in [0.3, 0.4) is 0 Å². The van der Waals surface area contributed by atoms with Gasteiger partial charge in [0.1, 0.15) is 23.8 Å². The number of halogens is 2. The fourth-order valence-electron chi connectivity index (χ4n) is 2.43. The number of rotatable bonds is 8. The summed E-state index contributed by atoms with van der Waals surface area (Å²) in [6.45, 7) is 5.93. The molecule has 3 nitrogen and oxygen atoms in total. The number of ether oxygens (including phenoxy) is 2. The average Bonchev–Trinajstić information content (AvgIpc) is 2.46. The molecule has 3 unspecified atom stereocenters. The first-order chi connectivity index (χ1) is 10.2. The molecular formula is C16H23ClFNO2. The third kappa shape index (κ3) is 4.31. The van der Waals surface area contributed by atoms with Gasteiger partial charge in [0.05, 0.1) is 5.02 Å². The van der Waals surface area contributed by atoms with E-state index < -0.39 is 5.82 Å². The van der Waals surface area contributed by atoms with Crippen molar-refractivity contribution in [1.82, 2.24) is 5.32 Å². The molecule has 0 aliphatic heterocycles. The molecule has 3 atom stereocenters. The number of hydrogen-bond donors (Lipinski definition) is 1. The monoisotopic (exact) mass is 315 g/mol. The zero-order valence-corrected chi connectivity index (χ0v) is 13.3. The second-order valence-electron chi connectivity index (χ2n) is 5.36. The Morgan fingerprint density at radius 1 is 1.33 bits per heavy atom. The van der Waals surface area contributed by atoms with Crippen molar-refractivity contribution < 1.29 is 13.9 Å². The molecule has 0 aromatic heterocycles. The second kappa shape index (κ2) is 7.97. The first-order valence-corrected chi connectivity index (χ1v) is 8.00. The molecule has 1 aliphatic carbocycles. The van der Waals surface area contributed by atoms with Gasteiger partial charge in [-0.05, 0) is 31.5 Å². The minimum atomic E-state index is -0.432. The van der Waals surface area contributed by atoms with Crippen LogP contribution in [0.5, 0.6) is 5.75 Å². The normalized spacial score (nSPS) is 24.7. The van der Waals surface area contributed by atoms with E-state index in [0.717, 1.165) is 32.4 Å². The van der Waals surface area contributed by atoms with Crippen LogP contribution in [0.2, 0.25) is 5.02 Å². The van der Waals surface area contributed by atoms with Gasteiger partial charge in [-0.3, -0.25) is 0 Å². The van der Waals surface area contributed by atoms with Crippen molar-refractivity contribution in [3.63, 3.8) is 0 Å². The molecule has 2 rings (SSSR count). The van der Waals surface area contributed by atoms with Gasteiger partial charge in [0.2, 0.25) is 0 Å². The maximum Gasteiger partial charge on any atom is 0.142 e. The van der Waals surface area contributed by atoms with Gasteiger partial charge in [0, 0.05) is 25.1 Å². The molecule has 1 saturated carbocycles. The van der Waals surface area contributed by atoms with Gasteiger partial charge in [-0.25, -0.2) is 4.39 Å². The minimum Gasteiger partial charge on any atom is -0.488 e. The van der Waals surface area contributed by atoms with Gasteiger partial charge >= 0.3 is 0 Å². The lowest BCUT2D eigenvalue weighted by molar-refractivity contribution is -0.107. The van der Waals surface area contributed by atoms with Crippen molar-refractivity contribution in [1.29, 1.82) is 0 Å². The molecule has 0 bridgehead atoms. The van der Waals surface area contributed by atoms with Gasteiger partial charge < -0.3 is 14.8 Å². The van der Waals surface area contributed by atoms with Crippen LogP contribution in [-0.2, 0) is 4.74 Å². The highest BCUT2D eigenvalue weighted by atomic mass is 35.5. The zero-order valence-electron chi connectivity index (χ0n) is 12.6. The molecule has 0 radical (unpaired) electrons. The fourth-order valence-corrected chi connectivity index (χ4v) is 2.60. The molecule has 0 heterocycles. The highest BCUT2D eigenvalue weighted by Gasteiger charge is 2.43. The topological polar surface area (TPSA) is 30.5 Å². The Balaban J connectivity index is 1.93. The Kier molecular flexibility index (Phi) is 6.27. The maximum absolute atomic E-state index is 13.2. The number of benzene rings is 1. The largest absolute Gasteiger partial charge is 0.488 e. The second-order valence-corrected chi connectivity index (χ2v) is 5.77. The van der Waals surface area contributed by atoms with E-state index in [1.54, 1.807) is 6.07 Å². The van der Waals surface area contributed by atoms with Crippen LogP contribution in [0.15, 0.2) is 18.2 Å². The van der Waals surface area contributed by atoms with E-state index >= 15 is 0 Å². The summed E-state index contributed by atoms with van der Waals surface area (Å²) in [6.07, 6.45) is 3.00. The summed E-state index contributed by atoms with van der Waals surface area (Å²) in [5.41, 5.74) is 0. The molecular weight excluding hydrogens is 293 g/mol. The summed E-state index contributed by atoms with van der Waals surface area (Å²) in [5.74, 6) is 0.157. The van der Waals surface area contributed by atoms with Crippen LogP contribution < -0.4 is 10.1 Å². The third-order valence-electron chi connectivity index (χ3n) is 3.60. The molecule has 0 saturated heterocycles. The first kappa shape index (κ1) is 16.5. The summed E-state index contributed by atoms with van der Waals surface area (Å²) in [6, 6.07) is 4.77. The van der Waals surface area contributed by atoms with E-state index in [9.17, 15) is 4.39 Å². The Labute approximate surface area is 130 Å². The average molecular weight is 316 g/mol. The van der Waals surface area contributed by atoms with Crippen molar-refractivity contribution in [3.05, 3.63) is 29.0 Å². The highest BCUT2D eigenvalue weighted by Crippen LogP contribution is 2.31. The lowest BCUT2D eigenvalue weighted by atomic mass is 9.85. The van der Waals surface area contributed by atoms with Crippen LogP contribution in [0.1, 0.15) is 33.1 Å². The van der Waals surface area contributed by atoms with Gasteiger partial charge in [-0.15, -0.1) is 0 Å². The predicted molar refractivity (Wildman–Crippen MR) is 82.6 cm³/mol. The minimum absolute atomic E-state index is 0.00701. The van der Waals surface area contributed by atoms with Crippen molar-refractivity contribution in [2.45, 2.75) is 51.4 Å². The summed E-state index contributed by atoms with van der Waals surface area (Å²) >= 11 is 5.78. The molecule has 0 amide bonds. The van der Waals surface area contributed by atoms with E-state index in [4.69, 9.17) is 21.1 Å². The van der Waals surface area contributed by atoms with E-state index in [1.165, 1.54) is 12.1 Å². The molecule has 118 valence electrons. The lowest BCUT2D eigenvalue weighted by Crippen LogP contribution is -2.61. The molecule has 1 aliphatic rings. The maximum atomic E-state index is 13.2. The standard InChI is InChI=1S/C16H23ClFNO2/c1-3-7-19-14-10-15(16(14)20-8-4-2)21-11-5-6-13(18)12(17)9-11/h5-6,9,14-16,19H,3-4,7-8,10H2,1-2H3. The van der Waals surface area contributed by atoms with Crippen molar-refractivity contribution in [3.8, 4) is 5.75 Å². The number of hydrogen-bond acceptors (Lipinski definition) is 3. The molecule has 1 aromatic carbocycles.